The van der Waals surface area contributed by atoms with Gasteiger partial charge in [0.2, 0.25) is 0 Å². The fourth-order valence-electron chi connectivity index (χ4n) is 2.53. The Balaban J connectivity index is 2.37. The fraction of sp³-hybridized carbons (Fsp3) is 0.353. The van der Waals surface area contributed by atoms with Crippen molar-refractivity contribution in [3.05, 3.63) is 65.0 Å². The number of aromatic nitrogens is 1. The first-order valence-electron chi connectivity index (χ1n) is 6.93. The average molecular weight is 254 g/mol. The first kappa shape index (κ1) is 13.8. The van der Waals surface area contributed by atoms with Crippen molar-refractivity contribution < 1.29 is 0 Å². The minimum absolute atomic E-state index is 0.236. The highest BCUT2D eigenvalue weighted by atomic mass is 14.9. The summed E-state index contributed by atoms with van der Waals surface area (Å²) in [5.41, 5.74) is 5.25. The third kappa shape index (κ3) is 3.21. The summed E-state index contributed by atoms with van der Waals surface area (Å²) in [7, 11) is 2.01. The van der Waals surface area contributed by atoms with Crippen LogP contribution in [0.1, 0.15) is 41.6 Å². The molecule has 0 radical (unpaired) electrons. The van der Waals surface area contributed by atoms with Gasteiger partial charge in [0.05, 0.1) is 6.04 Å². The molecule has 0 spiro atoms. The molecule has 1 unspecified atom stereocenters. The van der Waals surface area contributed by atoms with Crippen LogP contribution in [0.15, 0.2) is 42.7 Å². The number of nitrogens with zero attached hydrogens (tertiary/aromatic N) is 1. The molecule has 19 heavy (non-hydrogen) atoms. The van der Waals surface area contributed by atoms with Gasteiger partial charge in [-0.1, -0.05) is 37.6 Å². The maximum atomic E-state index is 4.17. The van der Waals surface area contributed by atoms with Crippen molar-refractivity contribution in [1.82, 2.24) is 10.3 Å². The lowest BCUT2D eigenvalue weighted by Crippen LogP contribution is -2.19. The van der Waals surface area contributed by atoms with Crippen LogP contribution in [-0.2, 0) is 6.42 Å². The molecular formula is C17H22N2. The lowest BCUT2D eigenvalue weighted by molar-refractivity contribution is 0.684. The fourth-order valence-corrected chi connectivity index (χ4v) is 2.53. The van der Waals surface area contributed by atoms with Crippen LogP contribution in [-0.4, -0.2) is 12.0 Å². The third-order valence-corrected chi connectivity index (χ3v) is 3.49. The second-order valence-electron chi connectivity index (χ2n) is 4.95. The number of pyridine rings is 1. The number of hydrogen-bond acceptors (Lipinski definition) is 2. The lowest BCUT2D eigenvalue weighted by Gasteiger charge is -2.19. The SMILES string of the molecule is CCCc1cccc(C(NC)c2ccncc2C)c1. The van der Waals surface area contributed by atoms with Gasteiger partial charge in [-0.2, -0.15) is 0 Å². The zero-order valence-corrected chi connectivity index (χ0v) is 12.0. The summed E-state index contributed by atoms with van der Waals surface area (Å²) in [4.78, 5) is 4.17. The zero-order chi connectivity index (χ0) is 13.7. The van der Waals surface area contributed by atoms with E-state index in [-0.39, 0.29) is 6.04 Å². The van der Waals surface area contributed by atoms with E-state index in [9.17, 15) is 0 Å². The first-order chi connectivity index (χ1) is 9.26. The van der Waals surface area contributed by atoms with Gasteiger partial charge in [0.1, 0.15) is 0 Å². The van der Waals surface area contributed by atoms with Crippen LogP contribution >= 0.6 is 0 Å². The van der Waals surface area contributed by atoms with Crippen LogP contribution in [0.2, 0.25) is 0 Å². The van der Waals surface area contributed by atoms with Gasteiger partial charge in [-0.3, -0.25) is 4.98 Å². The topological polar surface area (TPSA) is 24.9 Å². The Morgan fingerprint density at radius 2 is 2.11 bits per heavy atom. The minimum atomic E-state index is 0.236. The number of nitrogens with one attached hydrogen (secondary N) is 1. The van der Waals surface area contributed by atoms with E-state index in [0.29, 0.717) is 0 Å². The lowest BCUT2D eigenvalue weighted by atomic mass is 9.94. The zero-order valence-electron chi connectivity index (χ0n) is 12.0. The molecule has 0 aliphatic carbocycles. The molecule has 2 nitrogen and oxygen atoms in total. The van der Waals surface area contributed by atoms with E-state index in [4.69, 9.17) is 0 Å². The second-order valence-corrected chi connectivity index (χ2v) is 4.95. The molecule has 0 saturated carbocycles. The van der Waals surface area contributed by atoms with E-state index in [0.717, 1.165) is 6.42 Å². The second kappa shape index (κ2) is 6.48. The summed E-state index contributed by atoms with van der Waals surface area (Å²) < 4.78 is 0. The Kier molecular flexibility index (Phi) is 4.69. The molecule has 0 saturated heterocycles. The van der Waals surface area contributed by atoms with E-state index >= 15 is 0 Å². The summed E-state index contributed by atoms with van der Waals surface area (Å²) in [6.45, 7) is 4.33. The predicted octanol–water partition coefficient (Wildman–Crippen LogP) is 3.65. The van der Waals surface area contributed by atoms with Crippen molar-refractivity contribution in [1.29, 1.82) is 0 Å². The third-order valence-electron chi connectivity index (χ3n) is 3.49. The van der Waals surface area contributed by atoms with Crippen molar-refractivity contribution >= 4 is 0 Å². The Bertz CT molecular complexity index is 534. The maximum Gasteiger partial charge on any atom is 0.0578 e. The van der Waals surface area contributed by atoms with Crippen molar-refractivity contribution in [3.8, 4) is 0 Å². The van der Waals surface area contributed by atoms with Crippen LogP contribution in [0.25, 0.3) is 0 Å². The number of benzene rings is 1. The smallest absolute Gasteiger partial charge is 0.0578 e. The molecule has 1 aromatic heterocycles. The standard InChI is InChI=1S/C17H22N2/c1-4-6-14-7-5-8-15(11-14)17(18-3)16-9-10-19-12-13(16)2/h5,7-12,17-18H,4,6H2,1-3H3. The van der Waals surface area contributed by atoms with E-state index in [2.05, 4.69) is 54.5 Å². The summed E-state index contributed by atoms with van der Waals surface area (Å²) in [5.74, 6) is 0. The van der Waals surface area contributed by atoms with E-state index in [1.807, 2.05) is 19.4 Å². The van der Waals surface area contributed by atoms with Gasteiger partial charge in [-0.15, -0.1) is 0 Å². The van der Waals surface area contributed by atoms with E-state index in [1.54, 1.807) is 0 Å². The highest BCUT2D eigenvalue weighted by molar-refractivity contribution is 5.36. The molecule has 0 aliphatic rings. The van der Waals surface area contributed by atoms with E-state index < -0.39 is 0 Å². The predicted molar refractivity (Wildman–Crippen MR) is 80.3 cm³/mol. The molecular weight excluding hydrogens is 232 g/mol. The maximum absolute atomic E-state index is 4.17. The van der Waals surface area contributed by atoms with Crippen LogP contribution in [0.5, 0.6) is 0 Å². The quantitative estimate of drug-likeness (QED) is 0.881. The highest BCUT2D eigenvalue weighted by Gasteiger charge is 2.14. The van der Waals surface area contributed by atoms with Gasteiger partial charge in [-0.25, -0.2) is 0 Å². The molecule has 100 valence electrons. The van der Waals surface area contributed by atoms with Crippen molar-refractivity contribution in [2.24, 2.45) is 0 Å². The molecule has 2 rings (SSSR count). The van der Waals surface area contributed by atoms with Gasteiger partial charge in [0.15, 0.2) is 0 Å². The summed E-state index contributed by atoms with van der Waals surface area (Å²) in [5, 5.41) is 3.42. The minimum Gasteiger partial charge on any atom is -0.309 e. The number of aryl methyl sites for hydroxylation is 2. The first-order valence-corrected chi connectivity index (χ1v) is 6.93. The molecule has 0 fully saturated rings. The molecule has 1 N–H and O–H groups in total. The molecule has 1 aromatic carbocycles. The summed E-state index contributed by atoms with van der Waals surface area (Å²) in [6.07, 6.45) is 6.11. The Hall–Kier alpha value is -1.67. The molecule has 2 aromatic rings. The Morgan fingerprint density at radius 3 is 2.79 bits per heavy atom. The van der Waals surface area contributed by atoms with Crippen molar-refractivity contribution in [3.63, 3.8) is 0 Å². The molecule has 0 aliphatic heterocycles. The van der Waals surface area contributed by atoms with Crippen LogP contribution < -0.4 is 5.32 Å². The van der Waals surface area contributed by atoms with Crippen molar-refractivity contribution in [2.75, 3.05) is 7.05 Å². The van der Waals surface area contributed by atoms with Gasteiger partial charge < -0.3 is 5.32 Å². The molecule has 1 heterocycles. The molecule has 0 amide bonds. The van der Waals surface area contributed by atoms with Crippen LogP contribution in [0, 0.1) is 6.92 Å². The van der Waals surface area contributed by atoms with E-state index in [1.165, 1.54) is 28.7 Å². The average Bonchev–Trinajstić information content (AvgIpc) is 2.43. The largest absolute Gasteiger partial charge is 0.309 e. The Morgan fingerprint density at radius 1 is 1.26 bits per heavy atom. The Labute approximate surface area is 115 Å². The highest BCUT2D eigenvalue weighted by Crippen LogP contribution is 2.24. The van der Waals surface area contributed by atoms with Gasteiger partial charge in [0, 0.05) is 12.4 Å². The summed E-state index contributed by atoms with van der Waals surface area (Å²) in [6, 6.07) is 11.2. The van der Waals surface area contributed by atoms with Gasteiger partial charge in [-0.05, 0) is 48.7 Å². The van der Waals surface area contributed by atoms with Crippen LogP contribution in [0.4, 0.5) is 0 Å². The molecule has 1 atom stereocenters. The normalized spacial score (nSPS) is 12.4. The molecule has 0 bridgehead atoms. The van der Waals surface area contributed by atoms with Gasteiger partial charge >= 0.3 is 0 Å². The molecule has 2 heteroatoms. The summed E-state index contributed by atoms with van der Waals surface area (Å²) >= 11 is 0. The number of hydrogen-bond donors (Lipinski definition) is 1. The monoisotopic (exact) mass is 254 g/mol. The number of rotatable bonds is 5. The van der Waals surface area contributed by atoms with Crippen LogP contribution in [0.3, 0.4) is 0 Å². The van der Waals surface area contributed by atoms with Crippen molar-refractivity contribution in [2.45, 2.75) is 32.7 Å². The van der Waals surface area contributed by atoms with Gasteiger partial charge in [0.25, 0.3) is 0 Å².